The summed E-state index contributed by atoms with van der Waals surface area (Å²) in [7, 11) is 0. The Bertz CT molecular complexity index is 740. The van der Waals surface area contributed by atoms with Gasteiger partial charge in [0.1, 0.15) is 16.6 Å². The van der Waals surface area contributed by atoms with Crippen LogP contribution in [0.2, 0.25) is 0 Å². The first kappa shape index (κ1) is 13.5. The summed E-state index contributed by atoms with van der Waals surface area (Å²) in [6.45, 7) is 0.358. The molecule has 3 aromatic rings. The lowest BCUT2D eigenvalue weighted by molar-refractivity contribution is 0.596. The fourth-order valence-electron chi connectivity index (χ4n) is 1.82. The second-order valence-electron chi connectivity index (χ2n) is 4.18. The molecule has 0 atom stereocenters. The van der Waals surface area contributed by atoms with Crippen molar-refractivity contribution in [3.05, 3.63) is 57.5 Å². The van der Waals surface area contributed by atoms with E-state index in [-0.39, 0.29) is 10.2 Å². The molecule has 0 aliphatic carbocycles. The Balaban J connectivity index is 1.81. The van der Waals surface area contributed by atoms with Gasteiger partial charge in [0.2, 0.25) is 0 Å². The van der Waals surface area contributed by atoms with E-state index in [1.54, 1.807) is 0 Å². The topological polar surface area (TPSA) is 24.9 Å². The van der Waals surface area contributed by atoms with Gasteiger partial charge in [-0.2, -0.15) is 0 Å². The van der Waals surface area contributed by atoms with E-state index in [9.17, 15) is 8.78 Å². The highest BCUT2D eigenvalue weighted by Gasteiger charge is 2.09. The molecule has 102 valence electrons. The lowest BCUT2D eigenvalue weighted by Gasteiger charge is -2.06. The number of benzene rings is 2. The molecule has 1 heterocycles. The van der Waals surface area contributed by atoms with Crippen LogP contribution in [0.1, 0.15) is 5.01 Å². The Hall–Kier alpha value is -1.53. The van der Waals surface area contributed by atoms with E-state index in [0.717, 1.165) is 27.4 Å². The molecule has 0 saturated carbocycles. The van der Waals surface area contributed by atoms with Crippen LogP contribution in [0, 0.1) is 11.6 Å². The summed E-state index contributed by atoms with van der Waals surface area (Å²) < 4.78 is 28.2. The summed E-state index contributed by atoms with van der Waals surface area (Å²) in [6, 6.07) is 10.0. The predicted molar refractivity (Wildman–Crippen MR) is 81.0 cm³/mol. The Kier molecular flexibility index (Phi) is 3.67. The minimum absolute atomic E-state index is 0.112. The minimum Gasteiger partial charge on any atom is -0.376 e. The number of thiazole rings is 1. The molecule has 1 aromatic heterocycles. The van der Waals surface area contributed by atoms with Gasteiger partial charge in [-0.1, -0.05) is 12.1 Å². The van der Waals surface area contributed by atoms with E-state index >= 15 is 0 Å². The molecule has 0 saturated heterocycles. The molecule has 20 heavy (non-hydrogen) atoms. The molecule has 0 aliphatic heterocycles. The minimum atomic E-state index is -0.502. The van der Waals surface area contributed by atoms with Gasteiger partial charge in [0.25, 0.3) is 0 Å². The SMILES string of the molecule is Fc1cc(NCc2nc3ccccc3s2)c(F)cc1Br. The zero-order valence-corrected chi connectivity index (χ0v) is 12.6. The molecule has 0 unspecified atom stereocenters. The molecule has 0 bridgehead atoms. The number of rotatable bonds is 3. The first-order valence-electron chi connectivity index (χ1n) is 5.86. The third-order valence-electron chi connectivity index (χ3n) is 2.78. The van der Waals surface area contributed by atoms with E-state index < -0.39 is 11.6 Å². The van der Waals surface area contributed by atoms with Gasteiger partial charge in [-0.3, -0.25) is 0 Å². The maximum absolute atomic E-state index is 13.7. The fourth-order valence-corrected chi connectivity index (χ4v) is 3.05. The lowest BCUT2D eigenvalue weighted by Crippen LogP contribution is -2.01. The molecule has 0 spiro atoms. The maximum atomic E-state index is 13.7. The second kappa shape index (κ2) is 5.46. The number of nitrogens with one attached hydrogen (secondary N) is 1. The number of para-hydroxylation sites is 1. The van der Waals surface area contributed by atoms with E-state index in [2.05, 4.69) is 26.2 Å². The van der Waals surface area contributed by atoms with Crippen LogP contribution in [-0.4, -0.2) is 4.98 Å². The van der Waals surface area contributed by atoms with Crippen molar-refractivity contribution in [1.82, 2.24) is 4.98 Å². The Morgan fingerprint density at radius 3 is 2.75 bits per heavy atom. The summed E-state index contributed by atoms with van der Waals surface area (Å²) in [5.74, 6) is -1.00. The number of aromatic nitrogens is 1. The predicted octanol–water partition coefficient (Wildman–Crippen LogP) is 4.95. The third-order valence-corrected chi connectivity index (χ3v) is 4.42. The second-order valence-corrected chi connectivity index (χ2v) is 6.14. The zero-order valence-electron chi connectivity index (χ0n) is 10.2. The maximum Gasteiger partial charge on any atom is 0.147 e. The van der Waals surface area contributed by atoms with Crippen LogP contribution in [0.4, 0.5) is 14.5 Å². The van der Waals surface area contributed by atoms with Crippen LogP contribution >= 0.6 is 27.3 Å². The molecule has 3 rings (SSSR count). The largest absolute Gasteiger partial charge is 0.376 e. The van der Waals surface area contributed by atoms with Gasteiger partial charge >= 0.3 is 0 Å². The summed E-state index contributed by atoms with van der Waals surface area (Å²) in [4.78, 5) is 4.43. The van der Waals surface area contributed by atoms with E-state index in [0.29, 0.717) is 6.54 Å². The van der Waals surface area contributed by atoms with Crippen LogP contribution in [0.25, 0.3) is 10.2 Å². The van der Waals surface area contributed by atoms with Gasteiger partial charge < -0.3 is 5.32 Å². The summed E-state index contributed by atoms with van der Waals surface area (Å²) >= 11 is 4.48. The fraction of sp³-hybridized carbons (Fsp3) is 0.0714. The highest BCUT2D eigenvalue weighted by atomic mass is 79.9. The van der Waals surface area contributed by atoms with Crippen LogP contribution in [-0.2, 0) is 6.54 Å². The lowest BCUT2D eigenvalue weighted by atomic mass is 10.3. The summed E-state index contributed by atoms with van der Waals surface area (Å²) in [5, 5.41) is 3.70. The van der Waals surface area contributed by atoms with Crippen LogP contribution in [0.15, 0.2) is 40.9 Å². The van der Waals surface area contributed by atoms with Gasteiger partial charge in [-0.05, 0) is 34.1 Å². The van der Waals surface area contributed by atoms with Crippen LogP contribution in [0.5, 0.6) is 0 Å². The molecular formula is C14H9BrF2N2S. The van der Waals surface area contributed by atoms with Crippen LogP contribution < -0.4 is 5.32 Å². The normalized spacial score (nSPS) is 10.9. The van der Waals surface area contributed by atoms with Gasteiger partial charge in [0.05, 0.1) is 26.9 Å². The Morgan fingerprint density at radius 1 is 1.15 bits per heavy atom. The molecule has 0 fully saturated rings. The van der Waals surface area contributed by atoms with Crippen molar-refractivity contribution < 1.29 is 8.78 Å². The average molecular weight is 355 g/mol. The van der Waals surface area contributed by atoms with Gasteiger partial charge in [0.15, 0.2) is 0 Å². The smallest absolute Gasteiger partial charge is 0.147 e. The van der Waals surface area contributed by atoms with Gasteiger partial charge in [-0.25, -0.2) is 13.8 Å². The van der Waals surface area contributed by atoms with E-state index in [1.165, 1.54) is 11.3 Å². The molecule has 0 radical (unpaired) electrons. The molecule has 0 aliphatic rings. The number of hydrogen-bond donors (Lipinski definition) is 1. The monoisotopic (exact) mass is 354 g/mol. The van der Waals surface area contributed by atoms with Crippen LogP contribution in [0.3, 0.4) is 0 Å². The quantitative estimate of drug-likeness (QED) is 0.673. The highest BCUT2D eigenvalue weighted by Crippen LogP contribution is 2.25. The molecular weight excluding hydrogens is 346 g/mol. The highest BCUT2D eigenvalue weighted by molar-refractivity contribution is 9.10. The van der Waals surface area contributed by atoms with Gasteiger partial charge in [0, 0.05) is 6.07 Å². The number of fused-ring (bicyclic) bond motifs is 1. The average Bonchev–Trinajstić information content (AvgIpc) is 2.84. The molecule has 6 heteroatoms. The summed E-state index contributed by atoms with van der Waals surface area (Å²) in [6.07, 6.45) is 0. The number of halogens is 3. The Morgan fingerprint density at radius 2 is 1.95 bits per heavy atom. The van der Waals surface area contributed by atoms with Gasteiger partial charge in [-0.15, -0.1) is 11.3 Å². The van der Waals surface area contributed by atoms with E-state index in [4.69, 9.17) is 0 Å². The molecule has 0 amide bonds. The molecule has 1 N–H and O–H groups in total. The Labute approximate surface area is 126 Å². The number of anilines is 1. The number of hydrogen-bond acceptors (Lipinski definition) is 3. The number of nitrogens with zero attached hydrogens (tertiary/aromatic N) is 1. The standard InChI is InChI=1S/C14H9BrF2N2S/c15-8-5-10(17)12(6-9(8)16)18-7-14-19-11-3-1-2-4-13(11)20-14/h1-6,18H,7H2. The van der Waals surface area contributed by atoms with Crippen molar-refractivity contribution in [2.75, 3.05) is 5.32 Å². The van der Waals surface area contributed by atoms with Crippen molar-refractivity contribution in [1.29, 1.82) is 0 Å². The van der Waals surface area contributed by atoms with Crippen molar-refractivity contribution in [3.8, 4) is 0 Å². The van der Waals surface area contributed by atoms with E-state index in [1.807, 2.05) is 24.3 Å². The van der Waals surface area contributed by atoms with Crippen molar-refractivity contribution in [3.63, 3.8) is 0 Å². The first-order chi connectivity index (χ1) is 9.63. The first-order valence-corrected chi connectivity index (χ1v) is 7.47. The van der Waals surface area contributed by atoms with Crippen molar-refractivity contribution in [2.24, 2.45) is 0 Å². The molecule has 2 aromatic carbocycles. The third kappa shape index (κ3) is 2.66. The zero-order chi connectivity index (χ0) is 14.1. The van der Waals surface area contributed by atoms with Crippen molar-refractivity contribution in [2.45, 2.75) is 6.54 Å². The summed E-state index contributed by atoms with van der Waals surface area (Å²) in [5.41, 5.74) is 1.04. The molecule has 2 nitrogen and oxygen atoms in total. The van der Waals surface area contributed by atoms with Crippen molar-refractivity contribution >= 4 is 43.2 Å².